The highest BCUT2D eigenvalue weighted by Gasteiger charge is 2.16. The number of carbonyl (C=O) groups is 1. The molecule has 0 atom stereocenters. The topological polar surface area (TPSA) is 83.0 Å². The maximum atomic E-state index is 12.0. The van der Waals surface area contributed by atoms with E-state index >= 15 is 0 Å². The number of esters is 1. The first kappa shape index (κ1) is 14.9. The predicted octanol–water partition coefficient (Wildman–Crippen LogP) is 2.96. The number of ether oxygens (including phenoxy) is 1. The Morgan fingerprint density at radius 2 is 2.27 bits per heavy atom. The Kier molecular flexibility index (Phi) is 4.08. The van der Waals surface area contributed by atoms with Crippen LogP contribution < -0.4 is 0 Å². The Hall–Kier alpha value is -2.00. The lowest BCUT2D eigenvalue weighted by atomic mass is 10.3. The van der Waals surface area contributed by atoms with Crippen LogP contribution in [0.2, 0.25) is 0 Å². The van der Waals surface area contributed by atoms with Gasteiger partial charge in [0.2, 0.25) is 0 Å². The fraction of sp³-hybridized carbons (Fsp3) is 0.231. The van der Waals surface area contributed by atoms with Gasteiger partial charge in [-0.3, -0.25) is 4.68 Å². The minimum atomic E-state index is -0.468. The van der Waals surface area contributed by atoms with Crippen LogP contribution in [-0.2, 0) is 18.4 Å². The van der Waals surface area contributed by atoms with Crippen LogP contribution in [0.4, 0.5) is 0 Å². The Morgan fingerprint density at radius 1 is 1.45 bits per heavy atom. The average molecular weight is 383 g/mol. The Labute approximate surface area is 138 Å². The molecule has 0 aliphatic carbocycles. The number of hydrogen-bond acceptors (Lipinski definition) is 7. The quantitative estimate of drug-likeness (QED) is 0.645. The first-order valence-corrected chi connectivity index (χ1v) is 7.89. The summed E-state index contributed by atoms with van der Waals surface area (Å²) < 4.78 is 13.2. The van der Waals surface area contributed by atoms with Gasteiger partial charge >= 0.3 is 5.97 Å². The van der Waals surface area contributed by atoms with Crippen molar-refractivity contribution in [1.82, 2.24) is 20.0 Å². The summed E-state index contributed by atoms with van der Waals surface area (Å²) in [6, 6.07) is 3.77. The summed E-state index contributed by atoms with van der Waals surface area (Å²) in [7, 11) is 1.76. The van der Waals surface area contributed by atoms with E-state index in [1.165, 1.54) is 17.5 Å². The van der Waals surface area contributed by atoms with Crippen molar-refractivity contribution in [1.29, 1.82) is 0 Å². The van der Waals surface area contributed by atoms with E-state index in [-0.39, 0.29) is 12.5 Å². The van der Waals surface area contributed by atoms with Gasteiger partial charge in [-0.25, -0.2) is 4.79 Å². The second-order valence-corrected chi connectivity index (χ2v) is 6.91. The van der Waals surface area contributed by atoms with Gasteiger partial charge in [0.25, 0.3) is 11.8 Å². The maximum Gasteiger partial charge on any atom is 0.342 e. The molecule has 9 heteroatoms. The molecule has 3 heterocycles. The second-order valence-electron chi connectivity index (χ2n) is 4.45. The van der Waals surface area contributed by atoms with E-state index < -0.39 is 5.97 Å². The summed E-state index contributed by atoms with van der Waals surface area (Å²) in [6.45, 7) is 1.72. The van der Waals surface area contributed by atoms with Crippen LogP contribution in [0, 0.1) is 6.92 Å². The molecule has 0 fully saturated rings. The van der Waals surface area contributed by atoms with E-state index in [1.807, 2.05) is 12.1 Å². The number of hydrogen-bond donors (Lipinski definition) is 0. The average Bonchev–Trinajstić information content (AvgIpc) is 3.19. The molecule has 0 saturated heterocycles. The Morgan fingerprint density at radius 3 is 2.91 bits per heavy atom. The molecule has 114 valence electrons. The van der Waals surface area contributed by atoms with Gasteiger partial charge in [-0.05, 0) is 35.0 Å². The number of thiophene rings is 1. The van der Waals surface area contributed by atoms with Crippen LogP contribution >= 0.6 is 27.3 Å². The zero-order chi connectivity index (χ0) is 15.7. The van der Waals surface area contributed by atoms with Crippen molar-refractivity contribution < 1.29 is 13.9 Å². The lowest BCUT2D eigenvalue weighted by Gasteiger charge is -2.01. The Bertz CT molecular complexity index is 823. The molecule has 3 rings (SSSR count). The number of carbonyl (C=O) groups excluding carboxylic acids is 1. The van der Waals surface area contributed by atoms with Gasteiger partial charge in [0.05, 0.1) is 14.9 Å². The molecule has 0 amide bonds. The molecule has 0 aromatic carbocycles. The number of rotatable bonds is 4. The van der Waals surface area contributed by atoms with Crippen molar-refractivity contribution in [2.75, 3.05) is 0 Å². The van der Waals surface area contributed by atoms with Crippen molar-refractivity contribution in [3.05, 3.63) is 39.3 Å². The van der Waals surface area contributed by atoms with E-state index in [4.69, 9.17) is 9.15 Å². The Balaban J connectivity index is 1.66. The van der Waals surface area contributed by atoms with E-state index in [2.05, 4.69) is 31.2 Å². The van der Waals surface area contributed by atoms with Gasteiger partial charge in [0, 0.05) is 12.7 Å². The summed E-state index contributed by atoms with van der Waals surface area (Å²) in [5, 5.41) is 11.8. The van der Waals surface area contributed by atoms with Crippen molar-refractivity contribution in [2.24, 2.45) is 7.05 Å². The predicted molar refractivity (Wildman–Crippen MR) is 82.4 cm³/mol. The molecule has 3 aromatic rings. The smallest absolute Gasteiger partial charge is 0.342 e. The largest absolute Gasteiger partial charge is 0.452 e. The van der Waals surface area contributed by atoms with Gasteiger partial charge in [0.1, 0.15) is 5.56 Å². The molecule has 22 heavy (non-hydrogen) atoms. The minimum absolute atomic E-state index is 0.0767. The number of aryl methyl sites for hydroxylation is 1. The molecule has 0 spiro atoms. The monoisotopic (exact) mass is 382 g/mol. The van der Waals surface area contributed by atoms with Gasteiger partial charge in [0.15, 0.2) is 6.61 Å². The fourth-order valence-electron chi connectivity index (χ4n) is 1.74. The molecule has 0 aliphatic rings. The highest BCUT2D eigenvalue weighted by atomic mass is 79.9. The SMILES string of the molecule is Cc1c(C(=O)OCc2nnc(-c3ccc(Br)s3)o2)cnn1C. The van der Waals surface area contributed by atoms with E-state index in [0.717, 1.165) is 14.4 Å². The molecule has 0 unspecified atom stereocenters. The molecular weight excluding hydrogens is 372 g/mol. The zero-order valence-electron chi connectivity index (χ0n) is 11.7. The molecule has 3 aromatic heterocycles. The highest BCUT2D eigenvalue weighted by molar-refractivity contribution is 9.11. The first-order chi connectivity index (χ1) is 10.5. The summed E-state index contributed by atoms with van der Waals surface area (Å²) in [5.74, 6) is 0.179. The summed E-state index contributed by atoms with van der Waals surface area (Å²) in [4.78, 5) is 12.8. The summed E-state index contributed by atoms with van der Waals surface area (Å²) >= 11 is 4.85. The van der Waals surface area contributed by atoms with Gasteiger partial charge in [-0.15, -0.1) is 21.5 Å². The zero-order valence-corrected chi connectivity index (χ0v) is 14.1. The maximum absolute atomic E-state index is 12.0. The van der Waals surface area contributed by atoms with Gasteiger partial charge in [-0.1, -0.05) is 0 Å². The van der Waals surface area contributed by atoms with Crippen LogP contribution in [0.25, 0.3) is 10.8 Å². The van der Waals surface area contributed by atoms with Gasteiger partial charge < -0.3 is 9.15 Å². The van der Waals surface area contributed by atoms with Crippen LogP contribution in [-0.4, -0.2) is 25.9 Å². The third-order valence-electron chi connectivity index (χ3n) is 3.03. The molecule has 0 N–H and O–H groups in total. The van der Waals surface area contributed by atoms with Crippen molar-refractivity contribution in [2.45, 2.75) is 13.5 Å². The molecular formula is C13H11BrN4O3S. The molecule has 0 bridgehead atoms. The lowest BCUT2D eigenvalue weighted by molar-refractivity contribution is 0.0437. The third-order valence-corrected chi connectivity index (χ3v) is 4.64. The van der Waals surface area contributed by atoms with Crippen molar-refractivity contribution >= 4 is 33.2 Å². The van der Waals surface area contributed by atoms with E-state index in [9.17, 15) is 4.79 Å². The minimum Gasteiger partial charge on any atom is -0.452 e. The lowest BCUT2D eigenvalue weighted by Crippen LogP contribution is -2.07. The fourth-order valence-corrected chi connectivity index (χ4v) is 3.05. The summed E-state index contributed by atoms with van der Waals surface area (Å²) in [5.41, 5.74) is 1.16. The van der Waals surface area contributed by atoms with Crippen LogP contribution in [0.15, 0.2) is 26.5 Å². The second kappa shape index (κ2) is 6.01. The number of aromatic nitrogens is 4. The van der Waals surface area contributed by atoms with E-state index in [0.29, 0.717) is 11.5 Å². The number of nitrogens with zero attached hydrogens (tertiary/aromatic N) is 4. The van der Waals surface area contributed by atoms with Crippen LogP contribution in [0.1, 0.15) is 21.9 Å². The van der Waals surface area contributed by atoms with E-state index in [1.54, 1.807) is 18.7 Å². The number of halogens is 1. The third kappa shape index (κ3) is 2.95. The molecule has 0 radical (unpaired) electrons. The highest BCUT2D eigenvalue weighted by Crippen LogP contribution is 2.30. The van der Waals surface area contributed by atoms with Crippen LogP contribution in [0.5, 0.6) is 0 Å². The standard InChI is InChI=1S/C13H11BrN4O3S/c1-7-8(5-15-18(7)2)13(19)20-6-11-16-17-12(21-11)9-3-4-10(14)22-9/h3-5H,6H2,1-2H3. The van der Waals surface area contributed by atoms with Gasteiger partial charge in [-0.2, -0.15) is 5.10 Å². The molecule has 0 saturated carbocycles. The summed E-state index contributed by atoms with van der Waals surface area (Å²) in [6.07, 6.45) is 1.47. The van der Waals surface area contributed by atoms with Crippen LogP contribution in [0.3, 0.4) is 0 Å². The van der Waals surface area contributed by atoms with Crippen molar-refractivity contribution in [3.63, 3.8) is 0 Å². The normalized spacial score (nSPS) is 10.9. The molecule has 7 nitrogen and oxygen atoms in total. The van der Waals surface area contributed by atoms with Crippen molar-refractivity contribution in [3.8, 4) is 10.8 Å². The molecule has 0 aliphatic heterocycles. The first-order valence-electron chi connectivity index (χ1n) is 6.28.